The summed E-state index contributed by atoms with van der Waals surface area (Å²) in [5.41, 5.74) is 0. The van der Waals surface area contributed by atoms with Gasteiger partial charge in [-0.05, 0) is 6.42 Å². The summed E-state index contributed by atoms with van der Waals surface area (Å²) < 4.78 is 0. The third kappa shape index (κ3) is 7.04. The molecule has 1 rings (SSSR count). The summed E-state index contributed by atoms with van der Waals surface area (Å²) >= 11 is 0. The molecule has 0 aromatic heterocycles. The standard InChI is InChI=1S/C13H26N2O.BrH/c1-2-3-4-5-6-7-8-13-14-9-10-15(13)11-12-16;/h16H,2-12H2,1H3;1H. The molecule has 0 spiro atoms. The van der Waals surface area contributed by atoms with Crippen molar-refractivity contribution in [2.24, 2.45) is 4.99 Å². The fourth-order valence-corrected chi connectivity index (χ4v) is 2.19. The first kappa shape index (κ1) is 16.9. The van der Waals surface area contributed by atoms with Gasteiger partial charge in [0.1, 0.15) is 0 Å². The van der Waals surface area contributed by atoms with Crippen LogP contribution in [-0.2, 0) is 0 Å². The lowest BCUT2D eigenvalue weighted by Crippen LogP contribution is -2.30. The second-order valence-corrected chi connectivity index (χ2v) is 4.53. The number of rotatable bonds is 9. The Morgan fingerprint density at radius 2 is 1.88 bits per heavy atom. The van der Waals surface area contributed by atoms with Crippen LogP contribution in [0.5, 0.6) is 0 Å². The van der Waals surface area contributed by atoms with Crippen molar-refractivity contribution in [3.8, 4) is 0 Å². The molecule has 0 fully saturated rings. The molecule has 102 valence electrons. The van der Waals surface area contributed by atoms with E-state index < -0.39 is 0 Å². The predicted octanol–water partition coefficient (Wildman–Crippen LogP) is 3.02. The average Bonchev–Trinajstić information content (AvgIpc) is 2.72. The molecule has 0 amide bonds. The minimum absolute atomic E-state index is 0. The summed E-state index contributed by atoms with van der Waals surface area (Å²) in [6, 6.07) is 0. The second-order valence-electron chi connectivity index (χ2n) is 4.53. The highest BCUT2D eigenvalue weighted by Crippen LogP contribution is 2.11. The summed E-state index contributed by atoms with van der Waals surface area (Å²) in [5.74, 6) is 1.23. The number of amidine groups is 1. The van der Waals surface area contributed by atoms with Crippen LogP contribution in [0.1, 0.15) is 51.9 Å². The molecule has 1 aliphatic rings. The van der Waals surface area contributed by atoms with Crippen LogP contribution in [0.4, 0.5) is 0 Å². The van der Waals surface area contributed by atoms with Gasteiger partial charge in [-0.15, -0.1) is 17.0 Å². The van der Waals surface area contributed by atoms with E-state index in [-0.39, 0.29) is 23.6 Å². The van der Waals surface area contributed by atoms with Gasteiger partial charge < -0.3 is 10.0 Å². The molecule has 0 unspecified atom stereocenters. The SMILES string of the molecule is Br.CCCCCCCCC1=NCCN1CCO. The molecule has 0 aromatic rings. The lowest BCUT2D eigenvalue weighted by atomic mass is 10.1. The monoisotopic (exact) mass is 306 g/mol. The van der Waals surface area contributed by atoms with Crippen molar-refractivity contribution in [3.63, 3.8) is 0 Å². The molecule has 0 saturated carbocycles. The van der Waals surface area contributed by atoms with Crippen LogP contribution < -0.4 is 0 Å². The van der Waals surface area contributed by atoms with Gasteiger partial charge in [-0.1, -0.05) is 39.0 Å². The van der Waals surface area contributed by atoms with E-state index in [1.807, 2.05) is 0 Å². The van der Waals surface area contributed by atoms with E-state index >= 15 is 0 Å². The molecule has 0 saturated heterocycles. The topological polar surface area (TPSA) is 35.8 Å². The Kier molecular flexibility index (Phi) is 11.0. The number of nitrogens with zero attached hydrogens (tertiary/aromatic N) is 2. The van der Waals surface area contributed by atoms with Crippen LogP contribution in [0.15, 0.2) is 4.99 Å². The zero-order valence-corrected chi connectivity index (χ0v) is 12.7. The summed E-state index contributed by atoms with van der Waals surface area (Å²) in [7, 11) is 0. The van der Waals surface area contributed by atoms with E-state index in [2.05, 4.69) is 16.8 Å². The van der Waals surface area contributed by atoms with Crippen LogP contribution in [0, 0.1) is 0 Å². The van der Waals surface area contributed by atoms with Gasteiger partial charge >= 0.3 is 0 Å². The van der Waals surface area contributed by atoms with Gasteiger partial charge in [-0.25, -0.2) is 0 Å². The molecule has 0 aliphatic carbocycles. The highest BCUT2D eigenvalue weighted by molar-refractivity contribution is 8.93. The maximum atomic E-state index is 8.92. The highest BCUT2D eigenvalue weighted by atomic mass is 79.9. The number of β-amino-alcohol motifs (C(OH)–C–C–N with tert-alkyl or cyclic N) is 1. The van der Waals surface area contributed by atoms with E-state index in [1.54, 1.807) is 0 Å². The van der Waals surface area contributed by atoms with E-state index in [1.165, 1.54) is 44.4 Å². The first-order valence-corrected chi connectivity index (χ1v) is 6.77. The summed E-state index contributed by atoms with van der Waals surface area (Å²) in [4.78, 5) is 6.73. The zero-order chi connectivity index (χ0) is 11.6. The fourth-order valence-electron chi connectivity index (χ4n) is 2.19. The maximum absolute atomic E-state index is 8.92. The molecule has 1 aliphatic heterocycles. The number of unbranched alkanes of at least 4 members (excludes halogenated alkanes) is 5. The molecular formula is C13H27BrN2O. The van der Waals surface area contributed by atoms with Crippen LogP contribution >= 0.6 is 17.0 Å². The number of aliphatic hydroxyl groups excluding tert-OH is 1. The molecule has 3 nitrogen and oxygen atoms in total. The average molecular weight is 307 g/mol. The zero-order valence-electron chi connectivity index (χ0n) is 11.0. The maximum Gasteiger partial charge on any atom is 0.0991 e. The Morgan fingerprint density at radius 1 is 1.18 bits per heavy atom. The summed E-state index contributed by atoms with van der Waals surface area (Å²) in [5, 5.41) is 8.92. The van der Waals surface area contributed by atoms with Crippen LogP contribution in [0.2, 0.25) is 0 Å². The Labute approximate surface area is 116 Å². The van der Waals surface area contributed by atoms with Crippen molar-refractivity contribution in [3.05, 3.63) is 0 Å². The lowest BCUT2D eigenvalue weighted by molar-refractivity contribution is 0.255. The second kappa shape index (κ2) is 11.0. The Morgan fingerprint density at radius 3 is 2.59 bits per heavy atom. The highest BCUT2D eigenvalue weighted by Gasteiger charge is 2.14. The first-order chi connectivity index (χ1) is 7.88. The number of hydrogen-bond donors (Lipinski definition) is 1. The van der Waals surface area contributed by atoms with Gasteiger partial charge in [0.25, 0.3) is 0 Å². The van der Waals surface area contributed by atoms with E-state index in [0.29, 0.717) is 0 Å². The Hall–Kier alpha value is -0.0900. The van der Waals surface area contributed by atoms with Gasteiger partial charge in [-0.3, -0.25) is 4.99 Å². The van der Waals surface area contributed by atoms with Crippen molar-refractivity contribution < 1.29 is 5.11 Å². The largest absolute Gasteiger partial charge is 0.395 e. The van der Waals surface area contributed by atoms with Gasteiger partial charge in [0.2, 0.25) is 0 Å². The van der Waals surface area contributed by atoms with Gasteiger partial charge in [0, 0.05) is 19.5 Å². The Bertz CT molecular complexity index is 210. The molecule has 4 heteroatoms. The molecular weight excluding hydrogens is 280 g/mol. The molecule has 1 N–H and O–H groups in total. The van der Waals surface area contributed by atoms with Crippen LogP contribution in [0.3, 0.4) is 0 Å². The van der Waals surface area contributed by atoms with Gasteiger partial charge in [0.15, 0.2) is 0 Å². The van der Waals surface area contributed by atoms with Crippen molar-refractivity contribution in [1.82, 2.24) is 4.90 Å². The minimum atomic E-state index is 0. The van der Waals surface area contributed by atoms with Gasteiger partial charge in [-0.2, -0.15) is 0 Å². The van der Waals surface area contributed by atoms with E-state index in [0.717, 1.165) is 26.1 Å². The number of halogens is 1. The fraction of sp³-hybridized carbons (Fsp3) is 0.923. The third-order valence-electron chi connectivity index (χ3n) is 3.15. The molecule has 17 heavy (non-hydrogen) atoms. The molecule has 0 aromatic carbocycles. The quantitative estimate of drug-likeness (QED) is 0.665. The van der Waals surface area contributed by atoms with E-state index in [9.17, 15) is 0 Å². The molecule has 0 radical (unpaired) electrons. The smallest absolute Gasteiger partial charge is 0.0991 e. The van der Waals surface area contributed by atoms with E-state index in [4.69, 9.17) is 5.11 Å². The molecule has 0 bridgehead atoms. The number of aliphatic imine (C=N–C) groups is 1. The van der Waals surface area contributed by atoms with Crippen LogP contribution in [-0.4, -0.2) is 42.1 Å². The van der Waals surface area contributed by atoms with Crippen molar-refractivity contribution in [2.45, 2.75) is 51.9 Å². The van der Waals surface area contributed by atoms with Crippen molar-refractivity contribution in [2.75, 3.05) is 26.2 Å². The number of hydrogen-bond acceptors (Lipinski definition) is 3. The molecule has 1 heterocycles. The van der Waals surface area contributed by atoms with Crippen molar-refractivity contribution in [1.29, 1.82) is 0 Å². The first-order valence-electron chi connectivity index (χ1n) is 6.77. The third-order valence-corrected chi connectivity index (χ3v) is 3.15. The normalized spacial score (nSPS) is 14.7. The lowest BCUT2D eigenvalue weighted by Gasteiger charge is -2.18. The predicted molar refractivity (Wildman–Crippen MR) is 79.3 cm³/mol. The van der Waals surface area contributed by atoms with Crippen molar-refractivity contribution >= 4 is 22.8 Å². The minimum Gasteiger partial charge on any atom is -0.395 e. The van der Waals surface area contributed by atoms with Gasteiger partial charge in [0.05, 0.1) is 19.0 Å². The number of aliphatic hydroxyl groups is 1. The molecule has 0 atom stereocenters. The Balaban J connectivity index is 0.00000256. The summed E-state index contributed by atoms with van der Waals surface area (Å²) in [6.07, 6.45) is 9.11. The summed E-state index contributed by atoms with van der Waals surface area (Å²) in [6.45, 7) is 5.18. The van der Waals surface area contributed by atoms with Crippen LogP contribution in [0.25, 0.3) is 0 Å².